The Kier molecular flexibility index (Phi) is 11.9. The van der Waals surface area contributed by atoms with E-state index in [1.165, 1.54) is 4.90 Å². The van der Waals surface area contributed by atoms with Gasteiger partial charge in [-0.2, -0.15) is 0 Å². The molecule has 1 atom stereocenters. The van der Waals surface area contributed by atoms with Crippen LogP contribution in [0.4, 0.5) is 5.69 Å². The molecule has 11 heteroatoms. The number of carbonyl (C=O) groups is 2. The molecule has 0 aliphatic rings. The second kappa shape index (κ2) is 14.9. The Morgan fingerprint density at radius 2 is 1.68 bits per heavy atom. The van der Waals surface area contributed by atoms with Gasteiger partial charge in [-0.25, -0.2) is 8.42 Å². The summed E-state index contributed by atoms with van der Waals surface area (Å²) in [5.41, 5.74) is 1.83. The van der Waals surface area contributed by atoms with Crippen molar-refractivity contribution in [2.75, 3.05) is 23.7 Å². The van der Waals surface area contributed by atoms with Crippen LogP contribution in [-0.4, -0.2) is 50.5 Å². The average Bonchev–Trinajstić information content (AvgIpc) is 2.91. The maximum absolute atomic E-state index is 14.0. The van der Waals surface area contributed by atoms with Crippen molar-refractivity contribution < 1.29 is 18.0 Å². The van der Waals surface area contributed by atoms with Crippen LogP contribution < -0.4 is 9.62 Å². The molecule has 3 aromatic carbocycles. The Labute approximate surface area is 254 Å². The van der Waals surface area contributed by atoms with E-state index in [1.54, 1.807) is 42.5 Å². The van der Waals surface area contributed by atoms with Gasteiger partial charge in [-0.1, -0.05) is 94.9 Å². The van der Waals surface area contributed by atoms with Crippen LogP contribution in [0.5, 0.6) is 0 Å². The number of hydrogen-bond acceptors (Lipinski definition) is 4. The standard InChI is InChI=1S/C29H32BrCl2N3O4S/c1-3-4-15-33-29(37)27(17-21-9-6-5-7-10-21)34(19-22-13-14-25(31)26(32)16-22)28(36)20-35(40(2,38)39)24-12-8-11-23(30)18-24/h5-14,16,18,27H,3-4,15,17,19-20H2,1-2H3,(H,33,37). The lowest BCUT2D eigenvalue weighted by Crippen LogP contribution is -2.53. The SMILES string of the molecule is CCCCNC(=O)C(Cc1ccccc1)N(Cc1ccc(Cl)c(Cl)c1)C(=O)CN(c1cccc(Br)c1)S(C)(=O)=O. The molecule has 0 saturated carbocycles. The zero-order valence-electron chi connectivity index (χ0n) is 22.3. The lowest BCUT2D eigenvalue weighted by Gasteiger charge is -2.33. The minimum absolute atomic E-state index is 0.0184. The molecule has 0 bridgehead atoms. The van der Waals surface area contributed by atoms with E-state index < -0.39 is 28.5 Å². The van der Waals surface area contributed by atoms with Crippen molar-refractivity contribution in [3.05, 3.63) is 98.4 Å². The summed E-state index contributed by atoms with van der Waals surface area (Å²) >= 11 is 15.7. The summed E-state index contributed by atoms with van der Waals surface area (Å²) in [6, 6.07) is 20.1. The van der Waals surface area contributed by atoms with Crippen molar-refractivity contribution >= 4 is 66.7 Å². The molecule has 0 fully saturated rings. The first-order valence-electron chi connectivity index (χ1n) is 12.8. The number of nitrogens with zero attached hydrogens (tertiary/aromatic N) is 2. The van der Waals surface area contributed by atoms with Gasteiger partial charge in [0.15, 0.2) is 0 Å². The van der Waals surface area contributed by atoms with Gasteiger partial charge in [0, 0.05) is 24.0 Å². The van der Waals surface area contributed by atoms with Crippen LogP contribution in [0.3, 0.4) is 0 Å². The summed E-state index contributed by atoms with van der Waals surface area (Å²) in [4.78, 5) is 29.1. The average molecular weight is 669 g/mol. The van der Waals surface area contributed by atoms with Crippen LogP contribution in [0.25, 0.3) is 0 Å². The van der Waals surface area contributed by atoms with E-state index in [0.29, 0.717) is 32.3 Å². The summed E-state index contributed by atoms with van der Waals surface area (Å²) in [6.45, 7) is 2.01. The highest BCUT2D eigenvalue weighted by atomic mass is 79.9. The van der Waals surface area contributed by atoms with Crippen LogP contribution >= 0.6 is 39.1 Å². The number of anilines is 1. The normalized spacial score (nSPS) is 12.0. The number of amides is 2. The second-order valence-electron chi connectivity index (χ2n) is 9.37. The van der Waals surface area contributed by atoms with Gasteiger partial charge in [0.05, 0.1) is 22.0 Å². The van der Waals surface area contributed by atoms with Crippen molar-refractivity contribution in [1.82, 2.24) is 10.2 Å². The topological polar surface area (TPSA) is 86.8 Å². The van der Waals surface area contributed by atoms with E-state index in [9.17, 15) is 18.0 Å². The summed E-state index contributed by atoms with van der Waals surface area (Å²) in [5.74, 6) is -0.859. The van der Waals surface area contributed by atoms with Crippen molar-refractivity contribution in [1.29, 1.82) is 0 Å². The fraction of sp³-hybridized carbons (Fsp3) is 0.310. The maximum atomic E-state index is 14.0. The first-order chi connectivity index (χ1) is 19.0. The van der Waals surface area contributed by atoms with Crippen molar-refractivity contribution in [3.8, 4) is 0 Å². The molecule has 0 aromatic heterocycles. The van der Waals surface area contributed by atoms with E-state index >= 15 is 0 Å². The molecular weight excluding hydrogens is 637 g/mol. The number of carbonyl (C=O) groups excluding carboxylic acids is 2. The van der Waals surface area contributed by atoms with Crippen molar-refractivity contribution in [3.63, 3.8) is 0 Å². The number of benzene rings is 3. The van der Waals surface area contributed by atoms with E-state index in [-0.39, 0.29) is 18.9 Å². The molecule has 214 valence electrons. The van der Waals surface area contributed by atoms with Gasteiger partial charge in [-0.15, -0.1) is 0 Å². The molecule has 3 rings (SSSR count). The molecule has 0 aliphatic carbocycles. The summed E-state index contributed by atoms with van der Waals surface area (Å²) < 4.78 is 27.4. The third-order valence-corrected chi connectivity index (χ3v) is 8.59. The van der Waals surface area contributed by atoms with E-state index in [4.69, 9.17) is 23.2 Å². The van der Waals surface area contributed by atoms with Gasteiger partial charge < -0.3 is 10.2 Å². The van der Waals surface area contributed by atoms with Crippen LogP contribution in [0.15, 0.2) is 77.3 Å². The van der Waals surface area contributed by atoms with Gasteiger partial charge in [0.2, 0.25) is 21.8 Å². The molecule has 0 spiro atoms. The van der Waals surface area contributed by atoms with Crippen LogP contribution in [0.2, 0.25) is 10.0 Å². The Morgan fingerprint density at radius 3 is 2.30 bits per heavy atom. The van der Waals surface area contributed by atoms with Gasteiger partial charge in [0.25, 0.3) is 0 Å². The zero-order chi connectivity index (χ0) is 29.3. The minimum Gasteiger partial charge on any atom is -0.354 e. The molecule has 1 N–H and O–H groups in total. The maximum Gasteiger partial charge on any atom is 0.244 e. The van der Waals surface area contributed by atoms with E-state index in [1.807, 2.05) is 37.3 Å². The van der Waals surface area contributed by atoms with Crippen LogP contribution in [0, 0.1) is 0 Å². The Balaban J connectivity index is 2.05. The number of hydrogen-bond donors (Lipinski definition) is 1. The largest absolute Gasteiger partial charge is 0.354 e. The molecule has 0 aliphatic heterocycles. The van der Waals surface area contributed by atoms with Crippen molar-refractivity contribution in [2.45, 2.75) is 38.8 Å². The lowest BCUT2D eigenvalue weighted by atomic mass is 10.0. The molecule has 7 nitrogen and oxygen atoms in total. The van der Waals surface area contributed by atoms with E-state index in [2.05, 4.69) is 21.2 Å². The number of halogens is 3. The van der Waals surface area contributed by atoms with Gasteiger partial charge >= 0.3 is 0 Å². The fourth-order valence-corrected chi connectivity index (χ4v) is 5.69. The summed E-state index contributed by atoms with van der Waals surface area (Å²) in [5, 5.41) is 3.62. The zero-order valence-corrected chi connectivity index (χ0v) is 26.2. The number of nitrogens with one attached hydrogen (secondary N) is 1. The molecule has 40 heavy (non-hydrogen) atoms. The molecule has 0 heterocycles. The first-order valence-corrected chi connectivity index (χ1v) is 16.2. The smallest absolute Gasteiger partial charge is 0.244 e. The quantitative estimate of drug-likeness (QED) is 0.224. The molecule has 2 amide bonds. The van der Waals surface area contributed by atoms with Crippen LogP contribution in [0.1, 0.15) is 30.9 Å². The van der Waals surface area contributed by atoms with Gasteiger partial charge in [-0.3, -0.25) is 13.9 Å². The second-order valence-corrected chi connectivity index (χ2v) is 13.0. The number of sulfonamides is 1. The number of unbranched alkanes of at least 4 members (excludes halogenated alkanes) is 1. The highest BCUT2D eigenvalue weighted by Gasteiger charge is 2.33. The Hall–Kier alpha value is -2.59. The number of rotatable bonds is 13. The van der Waals surface area contributed by atoms with Crippen LogP contribution in [-0.2, 0) is 32.6 Å². The summed E-state index contributed by atoms with van der Waals surface area (Å²) in [6.07, 6.45) is 2.96. The minimum atomic E-state index is -3.85. The molecule has 0 saturated heterocycles. The summed E-state index contributed by atoms with van der Waals surface area (Å²) in [7, 11) is -3.85. The Bertz CT molecular complexity index is 1420. The third-order valence-electron chi connectivity index (χ3n) is 6.21. The highest BCUT2D eigenvalue weighted by Crippen LogP contribution is 2.26. The first kappa shape index (κ1) is 31.9. The van der Waals surface area contributed by atoms with Gasteiger partial charge in [0.1, 0.15) is 12.6 Å². The fourth-order valence-electron chi connectivity index (χ4n) is 4.14. The Morgan fingerprint density at radius 1 is 0.950 bits per heavy atom. The van der Waals surface area contributed by atoms with Gasteiger partial charge in [-0.05, 0) is 47.9 Å². The predicted molar refractivity (Wildman–Crippen MR) is 165 cm³/mol. The predicted octanol–water partition coefficient (Wildman–Crippen LogP) is 6.08. The molecule has 3 aromatic rings. The third kappa shape index (κ3) is 9.23. The monoisotopic (exact) mass is 667 g/mol. The molecular formula is C29H32BrCl2N3O4S. The van der Waals surface area contributed by atoms with Crippen molar-refractivity contribution in [2.24, 2.45) is 0 Å². The molecule has 1 unspecified atom stereocenters. The van der Waals surface area contributed by atoms with E-state index in [0.717, 1.165) is 29.0 Å². The highest BCUT2D eigenvalue weighted by molar-refractivity contribution is 9.10. The molecule has 0 radical (unpaired) electrons. The lowest BCUT2D eigenvalue weighted by molar-refractivity contribution is -0.140.